The molecule has 0 atom stereocenters. The number of benzene rings is 11. The second-order valence-electron chi connectivity index (χ2n) is 17.3. The Kier molecular flexibility index (Phi) is 9.93. The zero-order valence-electron chi connectivity index (χ0n) is 37.0. The van der Waals surface area contributed by atoms with Crippen LogP contribution in [0.25, 0.3) is 84.5 Å². The molecule has 0 saturated carbocycles. The summed E-state index contributed by atoms with van der Waals surface area (Å²) in [6.45, 7) is 0. The van der Waals surface area contributed by atoms with E-state index in [1.807, 2.05) is 22.7 Å². The van der Waals surface area contributed by atoms with Crippen molar-refractivity contribution in [1.82, 2.24) is 0 Å². The zero-order chi connectivity index (χ0) is 45.0. The Morgan fingerprint density at radius 3 is 1.21 bits per heavy atom. The Hall–Kier alpha value is -8.28. The topological polar surface area (TPSA) is 6.48 Å². The van der Waals surface area contributed by atoms with Crippen LogP contribution < -0.4 is 9.80 Å². The highest BCUT2D eigenvalue weighted by molar-refractivity contribution is 7.26. The second kappa shape index (κ2) is 16.9. The number of hydrogen-bond acceptors (Lipinski definition) is 4. The molecule has 0 aliphatic rings. The van der Waals surface area contributed by atoms with Crippen LogP contribution in [0.3, 0.4) is 0 Å². The van der Waals surface area contributed by atoms with Crippen LogP contribution in [0.1, 0.15) is 0 Å². The molecule has 320 valence electrons. The van der Waals surface area contributed by atoms with Crippen LogP contribution in [0.5, 0.6) is 0 Å². The molecule has 0 spiro atoms. The van der Waals surface area contributed by atoms with E-state index in [0.29, 0.717) is 0 Å². The summed E-state index contributed by atoms with van der Waals surface area (Å²) >= 11 is 3.71. The lowest BCUT2D eigenvalue weighted by Gasteiger charge is -2.31. The molecule has 0 bridgehead atoms. The molecule has 0 unspecified atom stereocenters. The van der Waals surface area contributed by atoms with Crippen molar-refractivity contribution in [1.29, 1.82) is 0 Å². The summed E-state index contributed by atoms with van der Waals surface area (Å²) < 4.78 is 5.13. The summed E-state index contributed by atoms with van der Waals surface area (Å²) in [4.78, 5) is 4.90. The van der Waals surface area contributed by atoms with Crippen molar-refractivity contribution in [2.45, 2.75) is 0 Å². The van der Waals surface area contributed by atoms with Crippen molar-refractivity contribution in [3.63, 3.8) is 0 Å². The van der Waals surface area contributed by atoms with Crippen molar-refractivity contribution in [2.24, 2.45) is 0 Å². The van der Waals surface area contributed by atoms with E-state index < -0.39 is 0 Å². The number of rotatable bonds is 9. The van der Waals surface area contributed by atoms with Gasteiger partial charge in [0.25, 0.3) is 0 Å². The van der Waals surface area contributed by atoms with Crippen molar-refractivity contribution in [3.05, 3.63) is 255 Å². The molecule has 0 radical (unpaired) electrons. The van der Waals surface area contributed by atoms with Crippen LogP contribution in [-0.4, -0.2) is 0 Å². The molecule has 0 amide bonds. The van der Waals surface area contributed by atoms with Gasteiger partial charge in [-0.1, -0.05) is 176 Å². The summed E-state index contributed by atoms with van der Waals surface area (Å²) in [7, 11) is 0. The molecule has 2 nitrogen and oxygen atoms in total. The number of hydrogen-bond donors (Lipinski definition) is 0. The third kappa shape index (κ3) is 7.10. The molecular formula is C64H42N2S2. The van der Waals surface area contributed by atoms with Gasteiger partial charge in [0.05, 0.1) is 11.4 Å². The maximum atomic E-state index is 2.46. The highest BCUT2D eigenvalue weighted by atomic mass is 32.1. The maximum Gasteiger partial charge on any atom is 0.0540 e. The first-order valence-corrected chi connectivity index (χ1v) is 24.7. The summed E-state index contributed by atoms with van der Waals surface area (Å²) in [5.41, 5.74) is 13.7. The van der Waals surface area contributed by atoms with Gasteiger partial charge >= 0.3 is 0 Å². The SMILES string of the molecule is c1ccc(-c2ccc(N(c3ccc4c(c3)sc3ccccc34)c3ccccc3-c3ccccc3N(c3ccc4cc(-c5ccccc5)ccc4c3)c3ccc4c(c3)sc3ccccc34)cc2)cc1. The van der Waals surface area contributed by atoms with Gasteiger partial charge < -0.3 is 9.80 Å². The molecule has 4 heteroatoms. The van der Waals surface area contributed by atoms with Gasteiger partial charge in [0.15, 0.2) is 0 Å². The fourth-order valence-corrected chi connectivity index (χ4v) is 12.2. The standard InChI is InChI=1S/C64H42N2S2/c1-3-15-43(16-4-1)45-29-32-49(33-30-45)65(51-35-37-57-55-21-9-13-25-61(55)67-63(57)41-51)59-23-11-7-19-53(59)54-20-8-12-24-60(54)66(52-36-38-58-56-22-10-14-26-62(56)68-64(58)42-52)50-34-31-47-39-46(27-28-48(47)40-50)44-17-5-2-6-18-44/h1-42H. The first-order valence-electron chi connectivity index (χ1n) is 23.1. The van der Waals surface area contributed by atoms with E-state index in [2.05, 4.69) is 265 Å². The van der Waals surface area contributed by atoms with E-state index in [9.17, 15) is 0 Å². The minimum atomic E-state index is 1.09. The smallest absolute Gasteiger partial charge is 0.0540 e. The molecule has 2 aromatic heterocycles. The lowest BCUT2D eigenvalue weighted by atomic mass is 9.97. The molecule has 68 heavy (non-hydrogen) atoms. The molecule has 0 aliphatic heterocycles. The average Bonchev–Trinajstić information content (AvgIpc) is 3.97. The Morgan fingerprint density at radius 2 is 0.618 bits per heavy atom. The van der Waals surface area contributed by atoms with Gasteiger partial charge in [0.2, 0.25) is 0 Å². The number of fused-ring (bicyclic) bond motifs is 7. The zero-order valence-corrected chi connectivity index (χ0v) is 38.6. The van der Waals surface area contributed by atoms with Gasteiger partial charge in [-0.2, -0.15) is 0 Å². The molecule has 0 saturated heterocycles. The highest BCUT2D eigenvalue weighted by Gasteiger charge is 2.24. The van der Waals surface area contributed by atoms with Crippen LogP contribution in [0.4, 0.5) is 34.1 Å². The Labute approximate surface area is 403 Å². The third-order valence-corrected chi connectivity index (χ3v) is 15.5. The normalized spacial score (nSPS) is 11.5. The predicted octanol–water partition coefficient (Wildman–Crippen LogP) is 19.5. The van der Waals surface area contributed by atoms with E-state index in [0.717, 1.165) is 45.3 Å². The molecule has 11 aromatic carbocycles. The quantitative estimate of drug-likeness (QED) is 0.142. The van der Waals surface area contributed by atoms with Crippen molar-refractivity contribution in [2.75, 3.05) is 9.80 Å². The van der Waals surface area contributed by atoms with Gasteiger partial charge in [-0.05, 0) is 112 Å². The number of thiophene rings is 2. The Bertz CT molecular complexity index is 3980. The van der Waals surface area contributed by atoms with Crippen LogP contribution in [-0.2, 0) is 0 Å². The molecule has 13 aromatic rings. The molecule has 13 rings (SSSR count). The molecule has 0 aliphatic carbocycles. The fraction of sp³-hybridized carbons (Fsp3) is 0. The van der Waals surface area contributed by atoms with Crippen LogP contribution >= 0.6 is 22.7 Å². The van der Waals surface area contributed by atoms with Gasteiger partial charge in [-0.15, -0.1) is 22.7 Å². The summed E-state index contributed by atoms with van der Waals surface area (Å²) in [6, 6.07) is 93.4. The largest absolute Gasteiger partial charge is 0.310 e. The van der Waals surface area contributed by atoms with Crippen LogP contribution in [0, 0.1) is 0 Å². The van der Waals surface area contributed by atoms with Crippen LogP contribution in [0.2, 0.25) is 0 Å². The summed E-state index contributed by atoms with van der Waals surface area (Å²) in [6.07, 6.45) is 0. The van der Waals surface area contributed by atoms with Crippen molar-refractivity contribution < 1.29 is 0 Å². The third-order valence-electron chi connectivity index (χ3n) is 13.2. The number of para-hydroxylation sites is 2. The lowest BCUT2D eigenvalue weighted by Crippen LogP contribution is -2.13. The minimum absolute atomic E-state index is 1.09. The Morgan fingerprint density at radius 1 is 0.235 bits per heavy atom. The second-order valence-corrected chi connectivity index (χ2v) is 19.5. The average molecular weight is 903 g/mol. The summed E-state index contributed by atoms with van der Waals surface area (Å²) in [5, 5.41) is 7.56. The van der Waals surface area contributed by atoms with Crippen LogP contribution in [0.15, 0.2) is 255 Å². The lowest BCUT2D eigenvalue weighted by molar-refractivity contribution is 1.27. The van der Waals surface area contributed by atoms with Gasteiger partial charge in [0, 0.05) is 74.2 Å². The molecule has 0 fully saturated rings. The van der Waals surface area contributed by atoms with Gasteiger partial charge in [0.1, 0.15) is 0 Å². The number of anilines is 6. The van der Waals surface area contributed by atoms with Crippen molar-refractivity contribution >= 4 is 108 Å². The van der Waals surface area contributed by atoms with E-state index in [4.69, 9.17) is 0 Å². The molecule has 0 N–H and O–H groups in total. The monoisotopic (exact) mass is 902 g/mol. The van der Waals surface area contributed by atoms with Crippen molar-refractivity contribution in [3.8, 4) is 33.4 Å². The van der Waals surface area contributed by atoms with E-state index in [1.54, 1.807) is 0 Å². The fourth-order valence-electron chi connectivity index (χ4n) is 9.97. The van der Waals surface area contributed by atoms with E-state index in [-0.39, 0.29) is 0 Å². The molecule has 2 heterocycles. The van der Waals surface area contributed by atoms with Gasteiger partial charge in [-0.25, -0.2) is 0 Å². The molecular weight excluding hydrogens is 861 g/mol. The van der Waals surface area contributed by atoms with Gasteiger partial charge in [-0.3, -0.25) is 0 Å². The first-order chi connectivity index (χ1) is 33.7. The predicted molar refractivity (Wildman–Crippen MR) is 295 cm³/mol. The number of nitrogens with zero attached hydrogens (tertiary/aromatic N) is 2. The van der Waals surface area contributed by atoms with E-state index in [1.165, 1.54) is 73.4 Å². The van der Waals surface area contributed by atoms with E-state index >= 15 is 0 Å². The highest BCUT2D eigenvalue weighted by Crippen LogP contribution is 2.49. The Balaban J connectivity index is 1.00. The summed E-state index contributed by atoms with van der Waals surface area (Å²) in [5.74, 6) is 0. The maximum absolute atomic E-state index is 2.46. The first kappa shape index (κ1) is 40.0. The minimum Gasteiger partial charge on any atom is -0.310 e.